The maximum absolute atomic E-state index is 12.6. The van der Waals surface area contributed by atoms with Crippen molar-refractivity contribution in [2.24, 2.45) is 0 Å². The van der Waals surface area contributed by atoms with Crippen LogP contribution in [0.2, 0.25) is 0 Å². The molecule has 2 heteroatoms. The maximum atomic E-state index is 12.6. The molecule has 1 aliphatic carbocycles. The van der Waals surface area contributed by atoms with Gasteiger partial charge in [0, 0.05) is 21.2 Å². The van der Waals surface area contributed by atoms with E-state index in [0.717, 1.165) is 54.5 Å². The summed E-state index contributed by atoms with van der Waals surface area (Å²) in [6.45, 7) is 0. The van der Waals surface area contributed by atoms with Gasteiger partial charge in [0.15, 0.2) is 0 Å². The van der Waals surface area contributed by atoms with E-state index in [4.69, 9.17) is 0 Å². The van der Waals surface area contributed by atoms with Crippen LogP contribution < -0.4 is 0 Å². The first-order valence-corrected chi connectivity index (χ1v) is 11.8. The smallest absolute Gasteiger partial charge is 0.142 e. The zero-order chi connectivity index (χ0) is 22.4. The molecule has 0 atom stereocenters. The molecule has 1 N–H and O–H groups in total. The van der Waals surface area contributed by atoms with E-state index in [-0.39, 0.29) is 0 Å². The fourth-order valence-corrected chi connectivity index (χ4v) is 5.54. The summed E-state index contributed by atoms with van der Waals surface area (Å²) in [4.78, 5) is 0. The van der Waals surface area contributed by atoms with Gasteiger partial charge in [0.1, 0.15) is 5.60 Å². The van der Waals surface area contributed by atoms with Gasteiger partial charge in [-0.15, -0.1) is 0 Å². The lowest BCUT2D eigenvalue weighted by atomic mass is 9.82. The zero-order valence-corrected chi connectivity index (χ0v) is 19.5. The minimum atomic E-state index is -1.26. The molecule has 5 aromatic carbocycles. The van der Waals surface area contributed by atoms with Crippen molar-refractivity contribution >= 4 is 15.9 Å². The summed E-state index contributed by atoms with van der Waals surface area (Å²) < 4.78 is 0.890. The number of hydrogen-bond acceptors (Lipinski definition) is 1. The monoisotopic (exact) mass is 488 g/mol. The van der Waals surface area contributed by atoms with Gasteiger partial charge >= 0.3 is 0 Å². The van der Waals surface area contributed by atoms with Crippen LogP contribution in [-0.4, -0.2) is 5.11 Å². The van der Waals surface area contributed by atoms with Gasteiger partial charge in [0.05, 0.1) is 0 Å². The van der Waals surface area contributed by atoms with Gasteiger partial charge in [-0.1, -0.05) is 119 Å². The third-order valence-electron chi connectivity index (χ3n) is 6.59. The zero-order valence-electron chi connectivity index (χ0n) is 17.9. The Morgan fingerprint density at radius 3 is 1.39 bits per heavy atom. The Hall–Kier alpha value is -3.46. The van der Waals surface area contributed by atoms with Gasteiger partial charge in [-0.2, -0.15) is 0 Å². The molecule has 0 aliphatic heterocycles. The van der Waals surface area contributed by atoms with E-state index in [0.29, 0.717) is 0 Å². The van der Waals surface area contributed by atoms with E-state index in [9.17, 15) is 5.11 Å². The minimum Gasteiger partial charge on any atom is -0.376 e. The molecule has 0 saturated heterocycles. The van der Waals surface area contributed by atoms with Crippen LogP contribution in [0.3, 0.4) is 0 Å². The van der Waals surface area contributed by atoms with Crippen LogP contribution in [-0.2, 0) is 5.60 Å². The van der Waals surface area contributed by atoms with Gasteiger partial charge < -0.3 is 5.11 Å². The van der Waals surface area contributed by atoms with Crippen LogP contribution in [0.25, 0.3) is 33.4 Å². The maximum Gasteiger partial charge on any atom is 0.142 e. The second kappa shape index (κ2) is 7.84. The summed E-state index contributed by atoms with van der Waals surface area (Å²) in [5, 5.41) is 12.6. The van der Waals surface area contributed by atoms with Gasteiger partial charge in [-0.25, -0.2) is 0 Å². The van der Waals surface area contributed by atoms with Crippen molar-refractivity contribution in [3.8, 4) is 33.4 Å². The summed E-state index contributed by atoms with van der Waals surface area (Å²) in [6.07, 6.45) is 0. The first-order valence-electron chi connectivity index (χ1n) is 11.0. The van der Waals surface area contributed by atoms with Gasteiger partial charge in [0.2, 0.25) is 0 Å². The Kier molecular flexibility index (Phi) is 4.79. The molecule has 0 aromatic heterocycles. The molecular formula is C31H21BrO. The van der Waals surface area contributed by atoms with E-state index in [2.05, 4.69) is 76.6 Å². The van der Waals surface area contributed by atoms with E-state index in [1.165, 1.54) is 0 Å². The Bertz CT molecular complexity index is 1380. The topological polar surface area (TPSA) is 20.2 Å². The molecule has 33 heavy (non-hydrogen) atoms. The van der Waals surface area contributed by atoms with Gasteiger partial charge in [-0.3, -0.25) is 0 Å². The van der Waals surface area contributed by atoms with Gasteiger partial charge in [-0.05, 0) is 51.6 Å². The lowest BCUT2D eigenvalue weighted by Gasteiger charge is -2.28. The predicted molar refractivity (Wildman–Crippen MR) is 139 cm³/mol. The number of rotatable bonds is 3. The lowest BCUT2D eigenvalue weighted by Crippen LogP contribution is -2.26. The van der Waals surface area contributed by atoms with E-state index in [1.54, 1.807) is 0 Å². The number of benzene rings is 5. The fraction of sp³-hybridized carbons (Fsp3) is 0.0323. The van der Waals surface area contributed by atoms with Crippen molar-refractivity contribution in [3.05, 3.63) is 142 Å². The second-order valence-electron chi connectivity index (χ2n) is 8.44. The van der Waals surface area contributed by atoms with Crippen LogP contribution in [0.15, 0.2) is 126 Å². The highest BCUT2D eigenvalue weighted by Crippen LogP contribution is 2.53. The highest BCUT2D eigenvalue weighted by Gasteiger charge is 2.44. The van der Waals surface area contributed by atoms with E-state index >= 15 is 0 Å². The standard InChI is InChI=1S/C31H21BrO/c32-30-14-8-7-13-27(30)31(33)28-19-23(21-9-3-1-4-10-21)15-17-25(28)26-18-16-24(20-29(26)31)22-11-5-2-6-12-22/h1-20,33H. The Labute approximate surface area is 202 Å². The first-order chi connectivity index (χ1) is 16.2. The third-order valence-corrected chi connectivity index (χ3v) is 7.28. The van der Waals surface area contributed by atoms with Crippen LogP contribution in [0.4, 0.5) is 0 Å². The van der Waals surface area contributed by atoms with Crippen LogP contribution in [0, 0.1) is 0 Å². The van der Waals surface area contributed by atoms with E-state index in [1.807, 2.05) is 60.7 Å². The summed E-state index contributed by atoms with van der Waals surface area (Å²) in [7, 11) is 0. The van der Waals surface area contributed by atoms with E-state index < -0.39 is 5.60 Å². The Morgan fingerprint density at radius 2 is 0.909 bits per heavy atom. The molecule has 0 spiro atoms. The van der Waals surface area contributed by atoms with Crippen LogP contribution >= 0.6 is 15.9 Å². The molecule has 0 saturated carbocycles. The molecular weight excluding hydrogens is 468 g/mol. The van der Waals surface area contributed by atoms with Crippen molar-refractivity contribution in [1.82, 2.24) is 0 Å². The normalized spacial score (nSPS) is 13.4. The van der Waals surface area contributed by atoms with Crippen LogP contribution in [0.1, 0.15) is 16.7 Å². The summed E-state index contributed by atoms with van der Waals surface area (Å²) in [6, 6.07) is 41.5. The molecule has 158 valence electrons. The van der Waals surface area contributed by atoms with Crippen molar-refractivity contribution < 1.29 is 5.11 Å². The molecule has 6 rings (SSSR count). The Morgan fingerprint density at radius 1 is 0.455 bits per heavy atom. The minimum absolute atomic E-state index is 0.848. The molecule has 0 fully saturated rings. The summed E-state index contributed by atoms with van der Waals surface area (Å²) >= 11 is 3.71. The number of halogens is 1. The highest BCUT2D eigenvalue weighted by atomic mass is 79.9. The third kappa shape index (κ3) is 3.18. The predicted octanol–water partition coefficient (Wildman–Crippen LogP) is 8.05. The molecule has 0 unspecified atom stereocenters. The lowest BCUT2D eigenvalue weighted by molar-refractivity contribution is 0.130. The fourth-order valence-electron chi connectivity index (χ4n) is 4.97. The SMILES string of the molecule is OC1(c2ccccc2Br)c2cc(-c3ccccc3)ccc2-c2ccc(-c3ccccc3)cc21. The second-order valence-corrected chi connectivity index (χ2v) is 9.30. The highest BCUT2D eigenvalue weighted by molar-refractivity contribution is 9.10. The molecule has 1 nitrogen and oxygen atoms in total. The molecule has 0 amide bonds. The molecule has 0 heterocycles. The molecule has 1 aliphatic rings. The van der Waals surface area contributed by atoms with Crippen LogP contribution in [0.5, 0.6) is 0 Å². The van der Waals surface area contributed by atoms with Gasteiger partial charge in [0.25, 0.3) is 0 Å². The number of fused-ring (bicyclic) bond motifs is 3. The number of hydrogen-bond donors (Lipinski definition) is 1. The van der Waals surface area contributed by atoms with Crippen molar-refractivity contribution in [3.63, 3.8) is 0 Å². The van der Waals surface area contributed by atoms with Crippen molar-refractivity contribution in [2.75, 3.05) is 0 Å². The first kappa shape index (κ1) is 20.2. The summed E-state index contributed by atoms with van der Waals surface area (Å²) in [5.74, 6) is 0. The molecule has 5 aromatic rings. The number of aliphatic hydroxyl groups is 1. The van der Waals surface area contributed by atoms with Crippen molar-refractivity contribution in [1.29, 1.82) is 0 Å². The largest absolute Gasteiger partial charge is 0.376 e. The average molecular weight is 489 g/mol. The van der Waals surface area contributed by atoms with Crippen molar-refractivity contribution in [2.45, 2.75) is 5.60 Å². The quantitative estimate of drug-likeness (QED) is 0.272. The Balaban J connectivity index is 1.63. The average Bonchev–Trinajstić information content (AvgIpc) is 3.13. The molecule has 0 radical (unpaired) electrons. The molecule has 0 bridgehead atoms. The summed E-state index contributed by atoms with van der Waals surface area (Å²) in [5.41, 5.74) is 8.01.